The minimum Gasteiger partial charge on any atom is -0.457 e. The Morgan fingerprint density at radius 3 is 2.52 bits per heavy atom. The van der Waals surface area contributed by atoms with E-state index in [0.717, 1.165) is 21.4 Å². The molecule has 0 spiro atoms. The van der Waals surface area contributed by atoms with Crippen LogP contribution in [0.15, 0.2) is 80.7 Å². The number of furan rings is 1. The van der Waals surface area contributed by atoms with Gasteiger partial charge in [-0.15, -0.1) is 0 Å². The van der Waals surface area contributed by atoms with E-state index < -0.39 is 16.0 Å². The first kappa shape index (κ1) is 20.5. The maximum absolute atomic E-state index is 12.9. The summed E-state index contributed by atoms with van der Waals surface area (Å²) in [4.78, 5) is 39.8. The Bertz CT molecular complexity index is 1650. The van der Waals surface area contributed by atoms with Crippen molar-refractivity contribution in [3.8, 4) is 11.3 Å². The lowest BCUT2D eigenvalue weighted by atomic mass is 10.1. The summed E-state index contributed by atoms with van der Waals surface area (Å²) in [6.07, 6.45) is 1.83. The highest BCUT2D eigenvalue weighted by atomic mass is 32.1. The molecular formula is C23H14N4O5S. The molecule has 0 aliphatic heterocycles. The van der Waals surface area contributed by atoms with Gasteiger partial charge in [-0.2, -0.15) is 14.6 Å². The standard InChI is InChI=1S/C23H14N4O5S/c28-21-18(12-14-4-2-1-3-5-14)25-26-22(29)20(33-23(26)24-21)13-17-10-11-19(32-17)15-6-8-16(9-7-15)27(30)31/h1-11,13H,12H2/b20-13+. The summed E-state index contributed by atoms with van der Waals surface area (Å²) in [5.41, 5.74) is 0.874. The van der Waals surface area contributed by atoms with Gasteiger partial charge in [-0.3, -0.25) is 19.7 Å². The van der Waals surface area contributed by atoms with Crippen molar-refractivity contribution in [2.24, 2.45) is 0 Å². The van der Waals surface area contributed by atoms with Crippen LogP contribution < -0.4 is 15.7 Å². The molecule has 0 N–H and O–H groups in total. The molecule has 0 aliphatic carbocycles. The molecule has 33 heavy (non-hydrogen) atoms. The normalized spacial score (nSPS) is 11.8. The van der Waals surface area contributed by atoms with E-state index in [1.807, 2.05) is 30.3 Å². The monoisotopic (exact) mass is 458 g/mol. The van der Waals surface area contributed by atoms with Gasteiger partial charge in [-0.25, -0.2) is 0 Å². The highest BCUT2D eigenvalue weighted by Gasteiger charge is 2.13. The smallest absolute Gasteiger partial charge is 0.296 e. The minimum atomic E-state index is -0.472. The van der Waals surface area contributed by atoms with Gasteiger partial charge in [0, 0.05) is 30.2 Å². The van der Waals surface area contributed by atoms with E-state index in [4.69, 9.17) is 4.42 Å². The van der Waals surface area contributed by atoms with Crippen molar-refractivity contribution < 1.29 is 9.34 Å². The number of benzene rings is 2. The van der Waals surface area contributed by atoms with Crippen LogP contribution >= 0.6 is 11.3 Å². The molecule has 10 heteroatoms. The predicted molar refractivity (Wildman–Crippen MR) is 122 cm³/mol. The number of hydrogen-bond donors (Lipinski definition) is 0. The van der Waals surface area contributed by atoms with Crippen molar-refractivity contribution in [2.45, 2.75) is 6.42 Å². The Kier molecular flexibility index (Phi) is 5.11. The van der Waals surface area contributed by atoms with E-state index in [2.05, 4.69) is 10.1 Å². The summed E-state index contributed by atoms with van der Waals surface area (Å²) in [5, 5.41) is 15.1. The Hall–Kier alpha value is -4.44. The average molecular weight is 458 g/mol. The van der Waals surface area contributed by atoms with Crippen LogP contribution in [-0.4, -0.2) is 19.5 Å². The summed E-state index contributed by atoms with van der Waals surface area (Å²) >= 11 is 1.04. The van der Waals surface area contributed by atoms with Gasteiger partial charge in [-0.1, -0.05) is 41.7 Å². The number of rotatable bonds is 5. The van der Waals surface area contributed by atoms with Gasteiger partial charge in [0.15, 0.2) is 0 Å². The van der Waals surface area contributed by atoms with Crippen LogP contribution in [0.4, 0.5) is 5.69 Å². The highest BCUT2D eigenvalue weighted by molar-refractivity contribution is 7.15. The van der Waals surface area contributed by atoms with Gasteiger partial charge in [0.05, 0.1) is 4.92 Å². The van der Waals surface area contributed by atoms with Crippen molar-refractivity contribution in [1.29, 1.82) is 0 Å². The zero-order chi connectivity index (χ0) is 22.9. The third-order valence-electron chi connectivity index (χ3n) is 4.93. The summed E-state index contributed by atoms with van der Waals surface area (Å²) in [6.45, 7) is 0. The summed E-state index contributed by atoms with van der Waals surface area (Å²) in [6, 6.07) is 18.7. The summed E-state index contributed by atoms with van der Waals surface area (Å²) < 4.78 is 7.23. The lowest BCUT2D eigenvalue weighted by Gasteiger charge is -1.99. The molecule has 0 amide bonds. The maximum atomic E-state index is 12.9. The molecule has 0 saturated carbocycles. The second-order valence-corrected chi connectivity index (χ2v) is 8.15. The molecule has 5 rings (SSSR count). The van der Waals surface area contributed by atoms with Crippen LogP contribution in [-0.2, 0) is 6.42 Å². The van der Waals surface area contributed by atoms with Gasteiger partial charge < -0.3 is 4.42 Å². The molecule has 9 nitrogen and oxygen atoms in total. The summed E-state index contributed by atoms with van der Waals surface area (Å²) in [7, 11) is 0. The van der Waals surface area contributed by atoms with Gasteiger partial charge in [0.25, 0.3) is 16.8 Å². The molecule has 0 atom stereocenters. The van der Waals surface area contributed by atoms with Crippen LogP contribution in [0, 0.1) is 10.1 Å². The molecule has 0 bridgehead atoms. The second-order valence-electron chi connectivity index (χ2n) is 7.14. The first-order chi connectivity index (χ1) is 16.0. The van der Waals surface area contributed by atoms with Crippen molar-refractivity contribution in [1.82, 2.24) is 14.6 Å². The molecule has 0 saturated heterocycles. The van der Waals surface area contributed by atoms with Crippen LogP contribution in [0.1, 0.15) is 17.0 Å². The number of nitro benzene ring substituents is 1. The molecule has 3 aromatic heterocycles. The number of nitrogens with zero attached hydrogens (tertiary/aromatic N) is 4. The first-order valence-corrected chi connectivity index (χ1v) is 10.6. The molecule has 2 aromatic carbocycles. The number of nitro groups is 1. The maximum Gasteiger partial charge on any atom is 0.296 e. The SMILES string of the molecule is O=c1nc2s/c(=C/c3ccc(-c4ccc([N+](=O)[O-])cc4)o3)c(=O)n2nc1Cc1ccccc1. The molecular weight excluding hydrogens is 444 g/mol. The third kappa shape index (κ3) is 4.06. The number of fused-ring (bicyclic) bond motifs is 1. The average Bonchev–Trinajstić information content (AvgIpc) is 3.40. The molecule has 0 radical (unpaired) electrons. The highest BCUT2D eigenvalue weighted by Crippen LogP contribution is 2.24. The van der Waals surface area contributed by atoms with E-state index in [-0.39, 0.29) is 22.8 Å². The van der Waals surface area contributed by atoms with Crippen LogP contribution in [0.5, 0.6) is 0 Å². The largest absolute Gasteiger partial charge is 0.457 e. The van der Waals surface area contributed by atoms with E-state index in [0.29, 0.717) is 21.6 Å². The molecule has 0 fully saturated rings. The quantitative estimate of drug-likeness (QED) is 0.293. The number of non-ortho nitro benzene ring substituents is 1. The first-order valence-electron chi connectivity index (χ1n) is 9.81. The fourth-order valence-electron chi connectivity index (χ4n) is 3.30. The van der Waals surface area contributed by atoms with Gasteiger partial charge in [0.1, 0.15) is 21.7 Å². The lowest BCUT2D eigenvalue weighted by Crippen LogP contribution is -2.28. The Balaban J connectivity index is 1.49. The second kappa shape index (κ2) is 8.24. The zero-order valence-corrected chi connectivity index (χ0v) is 17.7. The van der Waals surface area contributed by atoms with E-state index in [9.17, 15) is 19.7 Å². The number of hydrogen-bond acceptors (Lipinski definition) is 8. The topological polar surface area (TPSA) is 121 Å². The fraction of sp³-hybridized carbons (Fsp3) is 0.0435. The van der Waals surface area contributed by atoms with Crippen molar-refractivity contribution in [3.05, 3.63) is 119 Å². The van der Waals surface area contributed by atoms with E-state index in [1.54, 1.807) is 30.3 Å². The van der Waals surface area contributed by atoms with E-state index in [1.165, 1.54) is 12.1 Å². The van der Waals surface area contributed by atoms with Crippen LogP contribution in [0.25, 0.3) is 22.4 Å². The van der Waals surface area contributed by atoms with Crippen LogP contribution in [0.3, 0.4) is 0 Å². The Labute approximate surface area is 189 Å². The van der Waals surface area contributed by atoms with Crippen molar-refractivity contribution in [3.63, 3.8) is 0 Å². The Morgan fingerprint density at radius 1 is 1.03 bits per heavy atom. The van der Waals surface area contributed by atoms with Gasteiger partial charge in [-0.05, 0) is 29.8 Å². The lowest BCUT2D eigenvalue weighted by molar-refractivity contribution is -0.384. The van der Waals surface area contributed by atoms with E-state index >= 15 is 0 Å². The molecule has 162 valence electrons. The van der Waals surface area contributed by atoms with Gasteiger partial charge in [0.2, 0.25) is 4.96 Å². The molecule has 0 unspecified atom stereocenters. The minimum absolute atomic E-state index is 0.0141. The molecule has 5 aromatic rings. The Morgan fingerprint density at radius 2 is 1.79 bits per heavy atom. The predicted octanol–water partition coefficient (Wildman–Crippen LogP) is 2.82. The zero-order valence-electron chi connectivity index (χ0n) is 16.9. The van der Waals surface area contributed by atoms with Crippen molar-refractivity contribution in [2.75, 3.05) is 0 Å². The summed E-state index contributed by atoms with van der Waals surface area (Å²) in [5.74, 6) is 0.917. The fourth-order valence-corrected chi connectivity index (χ4v) is 4.19. The number of thiazole rings is 1. The molecule has 3 heterocycles. The third-order valence-corrected chi connectivity index (χ3v) is 5.89. The van der Waals surface area contributed by atoms with Crippen LogP contribution in [0.2, 0.25) is 0 Å². The molecule has 0 aliphatic rings. The van der Waals surface area contributed by atoms with Gasteiger partial charge >= 0.3 is 0 Å². The number of aromatic nitrogens is 3. The van der Waals surface area contributed by atoms with Crippen molar-refractivity contribution >= 4 is 28.1 Å².